The molecule has 0 spiro atoms. The Morgan fingerprint density at radius 3 is 3.19 bits per heavy atom. The molecule has 3 N–H and O–H groups in total. The Labute approximate surface area is 102 Å². The lowest BCUT2D eigenvalue weighted by Gasteiger charge is -2.33. The zero-order chi connectivity index (χ0) is 11.5. The van der Waals surface area contributed by atoms with Gasteiger partial charge in [0.2, 0.25) is 0 Å². The highest BCUT2D eigenvalue weighted by Gasteiger charge is 2.24. The van der Waals surface area contributed by atoms with Crippen molar-refractivity contribution >= 4 is 27.6 Å². The number of rotatable bonds is 2. The van der Waals surface area contributed by atoms with Crippen molar-refractivity contribution in [2.75, 3.05) is 24.6 Å². The van der Waals surface area contributed by atoms with E-state index in [-0.39, 0.29) is 11.9 Å². The standard InChI is InChI=1S/C10H13BrN4O/c11-7-2-1-3-14-10(7)15-4-5-16-8(6-15)9(12)13/h1-3,8H,4-6H2,(H3,12,13). The van der Waals surface area contributed by atoms with Crippen molar-refractivity contribution in [1.82, 2.24) is 4.98 Å². The number of hydrogen-bond donors (Lipinski definition) is 2. The molecular weight excluding hydrogens is 272 g/mol. The zero-order valence-electron chi connectivity index (χ0n) is 8.69. The highest BCUT2D eigenvalue weighted by atomic mass is 79.9. The van der Waals surface area contributed by atoms with Gasteiger partial charge in [-0.15, -0.1) is 0 Å². The number of nitrogens with zero attached hydrogens (tertiary/aromatic N) is 2. The summed E-state index contributed by atoms with van der Waals surface area (Å²) in [7, 11) is 0. The van der Waals surface area contributed by atoms with Crippen molar-refractivity contribution < 1.29 is 4.74 Å². The third-order valence-electron chi connectivity index (χ3n) is 2.45. The van der Waals surface area contributed by atoms with Crippen molar-refractivity contribution in [2.45, 2.75) is 6.10 Å². The molecule has 0 radical (unpaired) electrons. The van der Waals surface area contributed by atoms with Crippen LogP contribution >= 0.6 is 15.9 Å². The topological polar surface area (TPSA) is 75.2 Å². The molecule has 1 atom stereocenters. The number of aromatic nitrogens is 1. The van der Waals surface area contributed by atoms with E-state index < -0.39 is 0 Å². The molecule has 1 aromatic heterocycles. The Bertz CT molecular complexity index is 398. The van der Waals surface area contributed by atoms with Crippen LogP contribution in [-0.2, 0) is 4.74 Å². The second-order valence-electron chi connectivity index (χ2n) is 3.57. The maximum Gasteiger partial charge on any atom is 0.143 e. The average Bonchev–Trinajstić information content (AvgIpc) is 2.30. The van der Waals surface area contributed by atoms with Crippen molar-refractivity contribution in [1.29, 1.82) is 5.41 Å². The SMILES string of the molecule is N=C(N)C1CN(c2ncccc2Br)CCO1. The number of anilines is 1. The van der Waals surface area contributed by atoms with E-state index in [1.165, 1.54) is 0 Å². The number of hydrogen-bond acceptors (Lipinski definition) is 4. The minimum absolute atomic E-state index is 0.0664. The van der Waals surface area contributed by atoms with E-state index in [4.69, 9.17) is 15.9 Å². The maximum absolute atomic E-state index is 7.39. The van der Waals surface area contributed by atoms with E-state index >= 15 is 0 Å². The normalized spacial score (nSPS) is 20.8. The average molecular weight is 285 g/mol. The van der Waals surface area contributed by atoms with Crippen molar-refractivity contribution in [3.8, 4) is 0 Å². The van der Waals surface area contributed by atoms with E-state index in [1.807, 2.05) is 12.1 Å². The highest BCUT2D eigenvalue weighted by Crippen LogP contribution is 2.24. The van der Waals surface area contributed by atoms with Gasteiger partial charge < -0.3 is 15.4 Å². The van der Waals surface area contributed by atoms with Gasteiger partial charge in [0, 0.05) is 12.7 Å². The Hall–Kier alpha value is -1.14. The van der Waals surface area contributed by atoms with Crippen LogP contribution in [0, 0.1) is 5.41 Å². The summed E-state index contributed by atoms with van der Waals surface area (Å²) in [5, 5.41) is 7.39. The molecule has 0 aliphatic carbocycles. The zero-order valence-corrected chi connectivity index (χ0v) is 10.3. The van der Waals surface area contributed by atoms with Gasteiger partial charge in [-0.05, 0) is 28.1 Å². The fraction of sp³-hybridized carbons (Fsp3) is 0.400. The summed E-state index contributed by atoms with van der Waals surface area (Å²) >= 11 is 3.46. The lowest BCUT2D eigenvalue weighted by molar-refractivity contribution is 0.0823. The molecule has 1 aromatic rings. The molecule has 1 unspecified atom stereocenters. The summed E-state index contributed by atoms with van der Waals surface area (Å²) in [5.74, 6) is 0.939. The summed E-state index contributed by atoms with van der Waals surface area (Å²) in [6.45, 7) is 1.90. The van der Waals surface area contributed by atoms with Crippen molar-refractivity contribution in [3.05, 3.63) is 22.8 Å². The molecular formula is C10H13BrN4O. The molecule has 16 heavy (non-hydrogen) atoms. The van der Waals surface area contributed by atoms with Crippen molar-refractivity contribution in [3.63, 3.8) is 0 Å². The van der Waals surface area contributed by atoms with Crippen LogP contribution in [0.3, 0.4) is 0 Å². The number of morpholine rings is 1. The van der Waals surface area contributed by atoms with Crippen LogP contribution in [0.1, 0.15) is 0 Å². The number of halogens is 1. The molecule has 86 valence electrons. The van der Waals surface area contributed by atoms with Crippen LogP contribution in [0.2, 0.25) is 0 Å². The summed E-state index contributed by atoms with van der Waals surface area (Å²) in [5.41, 5.74) is 5.45. The fourth-order valence-corrected chi connectivity index (χ4v) is 2.15. The second-order valence-corrected chi connectivity index (χ2v) is 4.42. The molecule has 6 heteroatoms. The van der Waals surface area contributed by atoms with Gasteiger partial charge in [0.05, 0.1) is 17.6 Å². The Balaban J connectivity index is 2.16. The highest BCUT2D eigenvalue weighted by molar-refractivity contribution is 9.10. The molecule has 2 rings (SSSR count). The Morgan fingerprint density at radius 1 is 1.69 bits per heavy atom. The maximum atomic E-state index is 7.39. The van der Waals surface area contributed by atoms with Gasteiger partial charge in [-0.3, -0.25) is 5.41 Å². The van der Waals surface area contributed by atoms with Crippen LogP contribution in [-0.4, -0.2) is 36.6 Å². The summed E-state index contributed by atoms with van der Waals surface area (Å²) in [4.78, 5) is 6.38. The molecule has 1 fully saturated rings. The Kier molecular flexibility index (Phi) is 3.40. The van der Waals surface area contributed by atoms with Gasteiger partial charge in [-0.25, -0.2) is 4.98 Å². The first-order chi connectivity index (χ1) is 7.68. The largest absolute Gasteiger partial charge is 0.385 e. The fourth-order valence-electron chi connectivity index (χ4n) is 1.64. The molecule has 1 aliphatic heterocycles. The van der Waals surface area contributed by atoms with Gasteiger partial charge in [0.1, 0.15) is 17.8 Å². The van der Waals surface area contributed by atoms with E-state index in [9.17, 15) is 0 Å². The number of amidine groups is 1. The molecule has 1 saturated heterocycles. The number of ether oxygens (including phenoxy) is 1. The molecule has 0 saturated carbocycles. The molecule has 5 nitrogen and oxygen atoms in total. The quantitative estimate of drug-likeness (QED) is 0.627. The monoisotopic (exact) mass is 284 g/mol. The number of pyridine rings is 1. The van der Waals surface area contributed by atoms with Crippen LogP contribution in [0.5, 0.6) is 0 Å². The van der Waals surface area contributed by atoms with Gasteiger partial charge in [0.15, 0.2) is 0 Å². The van der Waals surface area contributed by atoms with E-state index in [0.29, 0.717) is 13.2 Å². The third-order valence-corrected chi connectivity index (χ3v) is 3.07. The predicted octanol–water partition coefficient (Wildman–Crippen LogP) is 0.985. The second kappa shape index (κ2) is 4.80. The first-order valence-electron chi connectivity index (χ1n) is 4.99. The Morgan fingerprint density at radius 2 is 2.50 bits per heavy atom. The van der Waals surface area contributed by atoms with Gasteiger partial charge in [-0.1, -0.05) is 0 Å². The summed E-state index contributed by atoms with van der Waals surface area (Å²) in [6, 6.07) is 3.82. The number of nitrogens with two attached hydrogens (primary N) is 1. The third kappa shape index (κ3) is 2.33. The van der Waals surface area contributed by atoms with Crippen LogP contribution in [0.15, 0.2) is 22.8 Å². The predicted molar refractivity (Wildman–Crippen MR) is 65.8 cm³/mol. The van der Waals surface area contributed by atoms with Crippen LogP contribution < -0.4 is 10.6 Å². The minimum Gasteiger partial charge on any atom is -0.385 e. The van der Waals surface area contributed by atoms with E-state index in [0.717, 1.165) is 16.8 Å². The minimum atomic E-state index is -0.331. The van der Waals surface area contributed by atoms with Gasteiger partial charge in [-0.2, -0.15) is 0 Å². The molecule has 0 aromatic carbocycles. The number of nitrogens with one attached hydrogen (secondary N) is 1. The molecule has 1 aliphatic rings. The summed E-state index contributed by atoms with van der Waals surface area (Å²) in [6.07, 6.45) is 1.42. The molecule has 2 heterocycles. The van der Waals surface area contributed by atoms with Crippen LogP contribution in [0.4, 0.5) is 5.82 Å². The summed E-state index contributed by atoms with van der Waals surface area (Å²) < 4.78 is 6.34. The lowest BCUT2D eigenvalue weighted by atomic mass is 10.2. The van der Waals surface area contributed by atoms with E-state index in [1.54, 1.807) is 6.20 Å². The molecule has 0 bridgehead atoms. The van der Waals surface area contributed by atoms with Crippen LogP contribution in [0.25, 0.3) is 0 Å². The van der Waals surface area contributed by atoms with Gasteiger partial charge in [0.25, 0.3) is 0 Å². The van der Waals surface area contributed by atoms with Gasteiger partial charge >= 0.3 is 0 Å². The van der Waals surface area contributed by atoms with Crippen molar-refractivity contribution in [2.24, 2.45) is 5.73 Å². The lowest BCUT2D eigenvalue weighted by Crippen LogP contribution is -2.48. The smallest absolute Gasteiger partial charge is 0.143 e. The molecule has 0 amide bonds. The van der Waals surface area contributed by atoms with E-state index in [2.05, 4.69) is 25.8 Å². The first kappa shape index (κ1) is 11.3. The first-order valence-corrected chi connectivity index (χ1v) is 5.79.